The number of fused-ring (bicyclic) bond motifs is 1. The number of aliphatic hydroxyl groups excluding tert-OH is 2. The third kappa shape index (κ3) is 16.1. The van der Waals surface area contributed by atoms with Crippen LogP contribution in [0.4, 0.5) is 0 Å². The smallest absolute Gasteiger partial charge is 0.329 e. The largest absolute Gasteiger partial charge is 0.497 e. The van der Waals surface area contributed by atoms with Crippen molar-refractivity contribution in [3.8, 4) is 5.75 Å². The van der Waals surface area contributed by atoms with Gasteiger partial charge in [-0.15, -0.1) is 0 Å². The molecule has 5 N–H and O–H groups in total. The molecular weight excluding hydrogens is 971 g/mol. The van der Waals surface area contributed by atoms with Crippen LogP contribution in [0.3, 0.4) is 0 Å². The lowest BCUT2D eigenvalue weighted by Gasteiger charge is -2.36. The average molecular weight is 1060 g/mol. The number of esters is 2. The number of benzene rings is 1. The minimum Gasteiger partial charge on any atom is -0.497 e. The molecule has 1 aromatic carbocycles. The van der Waals surface area contributed by atoms with Crippen LogP contribution in [0, 0.1) is 23.7 Å². The molecule has 0 radical (unpaired) electrons. The number of likely N-dealkylation sites (tertiary alicyclic amines) is 1. The van der Waals surface area contributed by atoms with Crippen molar-refractivity contribution < 1.29 is 67.6 Å². The van der Waals surface area contributed by atoms with Gasteiger partial charge in [0.2, 0.25) is 29.5 Å². The summed E-state index contributed by atoms with van der Waals surface area (Å²) in [5, 5.41) is 30.2. The Balaban J connectivity index is 1.87. The van der Waals surface area contributed by atoms with Crippen LogP contribution in [0.2, 0.25) is 0 Å². The van der Waals surface area contributed by atoms with Gasteiger partial charge in [-0.2, -0.15) is 0 Å². The zero-order valence-electron chi connectivity index (χ0n) is 46.3. The Morgan fingerprint density at radius 3 is 2.09 bits per heavy atom. The van der Waals surface area contributed by atoms with Crippen LogP contribution in [0.5, 0.6) is 5.75 Å². The van der Waals surface area contributed by atoms with Crippen LogP contribution in [-0.4, -0.2) is 184 Å². The van der Waals surface area contributed by atoms with Gasteiger partial charge >= 0.3 is 11.9 Å². The molecule has 1 unspecified atom stereocenters. The third-order valence-electron chi connectivity index (χ3n) is 14.6. The van der Waals surface area contributed by atoms with Crippen LogP contribution in [0.15, 0.2) is 24.3 Å². The maximum atomic E-state index is 14.9. The Hall–Kier alpha value is -5.83. The van der Waals surface area contributed by atoms with Gasteiger partial charge < -0.3 is 60.0 Å². The molecule has 0 bridgehead atoms. The molecule has 0 saturated carbocycles. The number of rotatable bonds is 15. The highest BCUT2D eigenvalue weighted by Crippen LogP contribution is 2.27. The zero-order valence-corrected chi connectivity index (χ0v) is 46.3. The van der Waals surface area contributed by atoms with Gasteiger partial charge in [-0.05, 0) is 93.7 Å². The Bertz CT molecular complexity index is 2170. The molecule has 3 aliphatic heterocycles. The van der Waals surface area contributed by atoms with Crippen molar-refractivity contribution in [3.05, 3.63) is 29.8 Å². The maximum absolute atomic E-state index is 14.9. The summed E-state index contributed by atoms with van der Waals surface area (Å²) in [5.41, 5.74) is 0.597. The third-order valence-corrected chi connectivity index (χ3v) is 14.6. The SMILES string of the molecule is CC[C@H](C)[C@H]1NC(=O)[C@@H](NC(=O)[C@@H](CC(C)C)N(C)C(=O)C2CCCN2C(=O)[C@H](C)O)[C@@H](C)OC(=O)[C@H](Cc2ccc(OC)cc2)N(C)C(=O)[C@@H]2CCCN2C(=O)[C@H](CC(C)C)NC(=O)[C@H](C(C)C)OC(=O)C[C@@H]1O. The molecule has 21 nitrogen and oxygen atoms in total. The summed E-state index contributed by atoms with van der Waals surface area (Å²) in [7, 11) is 4.34. The Labute approximate surface area is 442 Å². The molecule has 0 spiro atoms. The number of amides is 7. The predicted octanol–water partition coefficient (Wildman–Crippen LogP) is 2.11. The summed E-state index contributed by atoms with van der Waals surface area (Å²) < 4.78 is 17.2. The number of nitrogens with zero attached hydrogens (tertiary/aromatic N) is 4. The van der Waals surface area contributed by atoms with E-state index in [-0.39, 0.29) is 57.0 Å². The maximum Gasteiger partial charge on any atom is 0.329 e. The Kier molecular flexibility index (Phi) is 22.9. The average Bonchev–Trinajstić information content (AvgIpc) is 4.06. The molecule has 21 heteroatoms. The van der Waals surface area contributed by atoms with Crippen LogP contribution in [0.1, 0.15) is 126 Å². The first-order chi connectivity index (χ1) is 35.2. The van der Waals surface area contributed by atoms with Crippen molar-refractivity contribution in [2.75, 3.05) is 34.3 Å². The minimum atomic E-state index is -1.73. The van der Waals surface area contributed by atoms with Gasteiger partial charge in [-0.3, -0.25) is 38.4 Å². The summed E-state index contributed by atoms with van der Waals surface area (Å²) in [6, 6.07) is -1.85. The summed E-state index contributed by atoms with van der Waals surface area (Å²) in [5.74, 6) is -7.61. The molecule has 0 aliphatic carbocycles. The molecular formula is C54H85N7O14. The topological polar surface area (TPSA) is 271 Å². The van der Waals surface area contributed by atoms with Gasteiger partial charge in [0.15, 0.2) is 6.10 Å². The first-order valence-electron chi connectivity index (χ1n) is 26.7. The van der Waals surface area contributed by atoms with E-state index in [1.807, 2.05) is 27.7 Å². The van der Waals surface area contributed by atoms with Crippen molar-refractivity contribution in [2.24, 2.45) is 23.7 Å². The summed E-state index contributed by atoms with van der Waals surface area (Å²) >= 11 is 0. The second kappa shape index (κ2) is 27.8. The molecule has 75 heavy (non-hydrogen) atoms. The number of carbonyl (C=O) groups excluding carboxylic acids is 9. The van der Waals surface area contributed by atoms with E-state index in [4.69, 9.17) is 14.2 Å². The van der Waals surface area contributed by atoms with Gasteiger partial charge in [-0.1, -0.05) is 73.9 Å². The molecule has 3 fully saturated rings. The molecule has 3 saturated heterocycles. The van der Waals surface area contributed by atoms with Gasteiger partial charge in [0, 0.05) is 33.6 Å². The zero-order chi connectivity index (χ0) is 56.2. The number of ether oxygens (including phenoxy) is 3. The normalized spacial score (nSPS) is 27.2. The van der Waals surface area contributed by atoms with Crippen molar-refractivity contribution in [1.29, 1.82) is 0 Å². The second-order valence-electron chi connectivity index (χ2n) is 21.8. The first kappa shape index (κ1) is 61.7. The number of carbonyl (C=O) groups is 9. The van der Waals surface area contributed by atoms with E-state index in [2.05, 4.69) is 16.0 Å². The van der Waals surface area contributed by atoms with E-state index >= 15 is 0 Å². The number of cyclic esters (lactones) is 2. The quantitative estimate of drug-likeness (QED) is 0.158. The van der Waals surface area contributed by atoms with E-state index in [1.165, 1.54) is 54.7 Å². The van der Waals surface area contributed by atoms with E-state index in [0.717, 1.165) is 0 Å². The highest BCUT2D eigenvalue weighted by molar-refractivity contribution is 5.97. The van der Waals surface area contributed by atoms with Gasteiger partial charge in [0.1, 0.15) is 54.2 Å². The van der Waals surface area contributed by atoms with Crippen molar-refractivity contribution >= 4 is 53.3 Å². The van der Waals surface area contributed by atoms with Crippen molar-refractivity contribution in [1.82, 2.24) is 35.6 Å². The number of hydrogen-bond acceptors (Lipinski definition) is 14. The van der Waals surface area contributed by atoms with E-state index in [0.29, 0.717) is 30.6 Å². The first-order valence-corrected chi connectivity index (χ1v) is 26.7. The highest BCUT2D eigenvalue weighted by atomic mass is 16.6. The lowest BCUT2D eigenvalue weighted by atomic mass is 9.92. The Morgan fingerprint density at radius 1 is 0.880 bits per heavy atom. The fourth-order valence-electron chi connectivity index (χ4n) is 10.1. The summed E-state index contributed by atoms with van der Waals surface area (Å²) in [6.45, 7) is 17.3. The van der Waals surface area contributed by atoms with Crippen LogP contribution >= 0.6 is 0 Å². The van der Waals surface area contributed by atoms with Gasteiger partial charge in [0.05, 0.1) is 25.7 Å². The fraction of sp³-hybridized carbons (Fsp3) is 0.722. The Morgan fingerprint density at radius 2 is 1.52 bits per heavy atom. The monoisotopic (exact) mass is 1060 g/mol. The van der Waals surface area contributed by atoms with Gasteiger partial charge in [0.25, 0.3) is 11.8 Å². The minimum absolute atomic E-state index is 0.0924. The van der Waals surface area contributed by atoms with E-state index in [1.54, 1.807) is 52.0 Å². The molecule has 420 valence electrons. The highest BCUT2D eigenvalue weighted by Gasteiger charge is 2.45. The van der Waals surface area contributed by atoms with Crippen LogP contribution < -0.4 is 20.7 Å². The molecule has 12 atom stereocenters. The number of likely N-dealkylation sites (N-methyl/N-ethyl adjacent to an activating group) is 2. The molecule has 3 aliphatic rings. The van der Waals surface area contributed by atoms with Crippen LogP contribution in [-0.2, 0) is 59.0 Å². The fourth-order valence-corrected chi connectivity index (χ4v) is 10.1. The lowest BCUT2D eigenvalue weighted by molar-refractivity contribution is -0.162. The predicted molar refractivity (Wildman–Crippen MR) is 276 cm³/mol. The van der Waals surface area contributed by atoms with Crippen LogP contribution in [0.25, 0.3) is 0 Å². The lowest BCUT2D eigenvalue weighted by Crippen LogP contribution is -2.62. The molecule has 1 aromatic rings. The number of methoxy groups -OCH3 is 1. The molecule has 7 amide bonds. The van der Waals surface area contributed by atoms with Crippen molar-refractivity contribution in [2.45, 2.75) is 194 Å². The number of aliphatic hydroxyl groups is 2. The molecule has 0 aromatic heterocycles. The van der Waals surface area contributed by atoms with Crippen molar-refractivity contribution in [3.63, 3.8) is 0 Å². The van der Waals surface area contributed by atoms with E-state index < -0.39 is 138 Å². The summed E-state index contributed by atoms with van der Waals surface area (Å²) in [4.78, 5) is 134. The standard InChI is InChI=1S/C54H85N7O14/c1-14-32(8)44-42(63)28-43(64)75-46(31(6)7)49(67)55-37(25-29(2)3)51(69)61-24-16-18-39(61)53(71)59(12)41(27-35-19-21-36(73-13)22-20-35)54(72)74-34(10)45(48(66)56-44)57-47(65)40(26-30(4)5)58(11)52(70)38-17-15-23-60(38)50(68)33(9)62/h19-22,29-34,37-42,44-46,62-63H,14-18,23-28H2,1-13H3,(H,55,67)(H,56,66)(H,57,65)/t32-,33-,34+,37-,38?,39-,40+,41-,42-,44+,45-,46-/m0/s1. The summed E-state index contributed by atoms with van der Waals surface area (Å²) in [6.07, 6.45) is -4.56. The number of hydrogen-bond donors (Lipinski definition) is 5. The van der Waals surface area contributed by atoms with E-state index in [9.17, 15) is 53.4 Å². The number of nitrogens with one attached hydrogen (secondary N) is 3. The molecule has 4 rings (SSSR count). The molecule has 3 heterocycles. The van der Waals surface area contributed by atoms with Gasteiger partial charge in [-0.25, -0.2) is 4.79 Å². The second-order valence-corrected chi connectivity index (χ2v) is 21.8.